The van der Waals surface area contributed by atoms with Crippen molar-refractivity contribution in [2.24, 2.45) is 0 Å². The molecule has 2 aromatic heterocycles. The molecule has 2 heterocycles. The highest BCUT2D eigenvalue weighted by atomic mass is 32.2. The number of nitro benzene ring substituents is 1. The molecule has 0 aliphatic heterocycles. The lowest BCUT2D eigenvalue weighted by atomic mass is 10.1. The number of hydrogen-bond acceptors (Lipinski definition) is 8. The van der Waals surface area contributed by atoms with E-state index in [1.165, 1.54) is 23.9 Å². The van der Waals surface area contributed by atoms with E-state index in [1.807, 2.05) is 6.92 Å². The number of nitro groups is 1. The Hall–Kier alpha value is -3.01. The van der Waals surface area contributed by atoms with Crippen molar-refractivity contribution in [2.45, 2.75) is 12.1 Å². The molecule has 2 N–H and O–H groups in total. The zero-order valence-corrected chi connectivity index (χ0v) is 13.4. The highest BCUT2D eigenvalue weighted by Crippen LogP contribution is 2.22. The summed E-state index contributed by atoms with van der Waals surface area (Å²) < 4.78 is 0. The quantitative estimate of drug-likeness (QED) is 0.398. The first-order chi connectivity index (χ1) is 11.7. The maximum Gasteiger partial charge on any atom is 0.270 e. The third-order valence-corrected chi connectivity index (χ3v) is 3.73. The van der Waals surface area contributed by atoms with Gasteiger partial charge in [0.05, 0.1) is 10.6 Å². The van der Waals surface area contributed by atoms with Crippen LogP contribution in [0.1, 0.15) is 6.92 Å². The van der Waals surface area contributed by atoms with Crippen LogP contribution in [-0.2, 0) is 0 Å². The van der Waals surface area contributed by atoms with E-state index in [0.717, 1.165) is 5.75 Å². The second-order valence-corrected chi connectivity index (χ2v) is 5.87. The number of non-ortho nitro benzene ring substituents is 1. The maximum absolute atomic E-state index is 10.8. The summed E-state index contributed by atoms with van der Waals surface area (Å²) >= 11 is 1.53. The molecule has 0 fully saturated rings. The highest BCUT2D eigenvalue weighted by Gasteiger charge is 2.09. The number of rotatable bonds is 6. The molecule has 0 spiro atoms. The Balaban J connectivity index is 1.75. The Labute approximate surface area is 141 Å². The third kappa shape index (κ3) is 3.66. The summed E-state index contributed by atoms with van der Waals surface area (Å²) in [4.78, 5) is 14.6. The SMILES string of the molecule is CCSc1n[nH]c(Nc2ccc(-c3cccc([N+](=O)[O-])c3)nn2)n1. The van der Waals surface area contributed by atoms with Crippen LogP contribution in [0.25, 0.3) is 11.3 Å². The van der Waals surface area contributed by atoms with Crippen LogP contribution in [0.2, 0.25) is 0 Å². The highest BCUT2D eigenvalue weighted by molar-refractivity contribution is 7.99. The Kier molecular flexibility index (Phi) is 4.66. The molecule has 10 heteroatoms. The van der Waals surface area contributed by atoms with E-state index in [2.05, 4.69) is 30.7 Å². The van der Waals surface area contributed by atoms with Crippen LogP contribution in [0, 0.1) is 10.1 Å². The van der Waals surface area contributed by atoms with Crippen molar-refractivity contribution >= 4 is 29.2 Å². The van der Waals surface area contributed by atoms with Gasteiger partial charge in [-0.15, -0.1) is 15.3 Å². The van der Waals surface area contributed by atoms with Gasteiger partial charge in [-0.1, -0.05) is 30.8 Å². The van der Waals surface area contributed by atoms with Gasteiger partial charge in [-0.2, -0.15) is 4.98 Å². The van der Waals surface area contributed by atoms with Crippen molar-refractivity contribution in [3.05, 3.63) is 46.5 Å². The summed E-state index contributed by atoms with van der Waals surface area (Å²) in [5, 5.41) is 29.4. The smallest absolute Gasteiger partial charge is 0.270 e. The minimum absolute atomic E-state index is 0.0131. The normalized spacial score (nSPS) is 10.5. The number of H-pyrrole nitrogens is 1. The number of aromatic nitrogens is 5. The second-order valence-electron chi connectivity index (χ2n) is 4.64. The standard InChI is InChI=1S/C14H13N7O2S/c1-2-24-14-16-13(19-20-14)15-12-7-6-11(17-18-12)9-4-3-5-10(8-9)21(22)23/h3-8H,2H2,1H3,(H2,15,16,18,19,20). The number of hydrogen-bond donors (Lipinski definition) is 2. The second kappa shape index (κ2) is 7.04. The van der Waals surface area contributed by atoms with Crippen molar-refractivity contribution in [1.29, 1.82) is 0 Å². The van der Waals surface area contributed by atoms with Crippen molar-refractivity contribution < 1.29 is 4.92 Å². The Morgan fingerprint density at radius 3 is 2.88 bits per heavy atom. The Morgan fingerprint density at radius 1 is 1.29 bits per heavy atom. The summed E-state index contributed by atoms with van der Waals surface area (Å²) in [5.74, 6) is 1.85. The van der Waals surface area contributed by atoms with Gasteiger partial charge in [0, 0.05) is 17.7 Å². The summed E-state index contributed by atoms with van der Waals surface area (Å²) in [5.41, 5.74) is 1.19. The number of nitrogens with zero attached hydrogens (tertiary/aromatic N) is 5. The fourth-order valence-electron chi connectivity index (χ4n) is 1.95. The lowest BCUT2D eigenvalue weighted by Crippen LogP contribution is -1.98. The summed E-state index contributed by atoms with van der Waals surface area (Å²) in [6.07, 6.45) is 0. The topological polar surface area (TPSA) is 123 Å². The zero-order chi connectivity index (χ0) is 16.9. The Morgan fingerprint density at radius 2 is 2.17 bits per heavy atom. The average Bonchev–Trinajstić information content (AvgIpc) is 3.03. The van der Waals surface area contributed by atoms with Crippen molar-refractivity contribution in [1.82, 2.24) is 25.4 Å². The zero-order valence-electron chi connectivity index (χ0n) is 12.6. The van der Waals surface area contributed by atoms with Gasteiger partial charge in [0.2, 0.25) is 11.1 Å². The van der Waals surface area contributed by atoms with Crippen LogP contribution in [0.4, 0.5) is 17.5 Å². The average molecular weight is 343 g/mol. The molecule has 24 heavy (non-hydrogen) atoms. The third-order valence-electron chi connectivity index (χ3n) is 3.00. The molecule has 3 rings (SSSR count). The van der Waals surface area contributed by atoms with Crippen molar-refractivity contribution in [3.63, 3.8) is 0 Å². The summed E-state index contributed by atoms with van der Waals surface area (Å²) in [6.45, 7) is 2.02. The molecule has 0 bridgehead atoms. The Bertz CT molecular complexity index is 850. The van der Waals surface area contributed by atoms with E-state index in [1.54, 1.807) is 24.3 Å². The number of aromatic amines is 1. The minimum atomic E-state index is -0.442. The van der Waals surface area contributed by atoms with Gasteiger partial charge in [-0.05, 0) is 17.9 Å². The van der Waals surface area contributed by atoms with E-state index >= 15 is 0 Å². The van der Waals surface area contributed by atoms with E-state index in [9.17, 15) is 10.1 Å². The van der Waals surface area contributed by atoms with Crippen LogP contribution in [0.5, 0.6) is 0 Å². The molecule has 122 valence electrons. The molecule has 0 unspecified atom stereocenters. The minimum Gasteiger partial charge on any atom is -0.308 e. The van der Waals surface area contributed by atoms with Gasteiger partial charge >= 0.3 is 0 Å². The first-order valence-electron chi connectivity index (χ1n) is 7.06. The summed E-state index contributed by atoms with van der Waals surface area (Å²) in [7, 11) is 0. The number of thioether (sulfide) groups is 1. The van der Waals surface area contributed by atoms with E-state index in [4.69, 9.17) is 0 Å². The predicted molar refractivity (Wildman–Crippen MR) is 90.2 cm³/mol. The fourth-order valence-corrected chi connectivity index (χ4v) is 2.47. The number of anilines is 2. The molecule has 0 saturated heterocycles. The molecule has 0 amide bonds. The lowest BCUT2D eigenvalue weighted by Gasteiger charge is -2.03. The van der Waals surface area contributed by atoms with Crippen LogP contribution < -0.4 is 5.32 Å². The van der Waals surface area contributed by atoms with Gasteiger partial charge in [0.15, 0.2) is 5.82 Å². The first kappa shape index (κ1) is 15.9. The molecule has 0 saturated carbocycles. The van der Waals surface area contributed by atoms with E-state index < -0.39 is 4.92 Å². The fraction of sp³-hybridized carbons (Fsp3) is 0.143. The first-order valence-corrected chi connectivity index (χ1v) is 8.05. The van der Waals surface area contributed by atoms with Gasteiger partial charge in [-0.3, -0.25) is 10.1 Å². The largest absolute Gasteiger partial charge is 0.308 e. The van der Waals surface area contributed by atoms with Gasteiger partial charge < -0.3 is 5.32 Å². The van der Waals surface area contributed by atoms with Gasteiger partial charge in [-0.25, -0.2) is 5.10 Å². The molecule has 0 atom stereocenters. The van der Waals surface area contributed by atoms with E-state index in [0.29, 0.717) is 28.2 Å². The van der Waals surface area contributed by atoms with Crippen LogP contribution in [0.15, 0.2) is 41.6 Å². The molecule has 0 radical (unpaired) electrons. The number of benzene rings is 1. The van der Waals surface area contributed by atoms with Crippen molar-refractivity contribution in [3.8, 4) is 11.3 Å². The molecular formula is C14H13N7O2S. The van der Waals surface area contributed by atoms with Gasteiger partial charge in [0.1, 0.15) is 0 Å². The van der Waals surface area contributed by atoms with Crippen molar-refractivity contribution in [2.75, 3.05) is 11.1 Å². The molecule has 1 aromatic carbocycles. The molecule has 0 aliphatic rings. The monoisotopic (exact) mass is 343 g/mol. The summed E-state index contributed by atoms with van der Waals surface area (Å²) in [6, 6.07) is 9.70. The molecule has 0 aliphatic carbocycles. The number of nitrogens with one attached hydrogen (secondary N) is 2. The van der Waals surface area contributed by atoms with E-state index in [-0.39, 0.29) is 5.69 Å². The van der Waals surface area contributed by atoms with Crippen LogP contribution in [0.3, 0.4) is 0 Å². The van der Waals surface area contributed by atoms with Gasteiger partial charge in [0.25, 0.3) is 5.69 Å². The maximum atomic E-state index is 10.8. The molecule has 9 nitrogen and oxygen atoms in total. The van der Waals surface area contributed by atoms with Crippen LogP contribution >= 0.6 is 11.8 Å². The molecular weight excluding hydrogens is 330 g/mol. The van der Waals surface area contributed by atoms with Crippen LogP contribution in [-0.4, -0.2) is 36.1 Å². The molecule has 3 aromatic rings. The predicted octanol–water partition coefficient (Wildman–Crippen LogP) is 3.03. The lowest BCUT2D eigenvalue weighted by molar-refractivity contribution is -0.384.